The molecule has 1 aliphatic rings. The van der Waals surface area contributed by atoms with Gasteiger partial charge in [0.25, 0.3) is 0 Å². The Kier molecular flexibility index (Phi) is 3.45. The molecule has 1 amide bonds. The number of carbonyl (C=O) groups is 1. The van der Waals surface area contributed by atoms with Gasteiger partial charge in [0.15, 0.2) is 0 Å². The number of carbonyl (C=O) groups excluding carboxylic acids is 1. The smallest absolute Gasteiger partial charge is 0.249 e. The Morgan fingerprint density at radius 3 is 2.70 bits per heavy atom. The highest BCUT2D eigenvalue weighted by Crippen LogP contribution is 2.33. The van der Waals surface area contributed by atoms with Crippen LogP contribution in [-0.2, 0) is 11.2 Å². The molecule has 20 heavy (non-hydrogen) atoms. The molecule has 102 valence electrons. The summed E-state index contributed by atoms with van der Waals surface area (Å²) in [5, 5.41) is -0.745. The molecule has 1 unspecified atom stereocenters. The molecule has 0 aromatic heterocycles. The van der Waals surface area contributed by atoms with Gasteiger partial charge in [0.05, 0.1) is 0 Å². The molecular formula is C16H13ClFNO. The molecule has 2 aromatic carbocycles. The van der Waals surface area contributed by atoms with Crippen molar-refractivity contribution in [3.63, 3.8) is 0 Å². The van der Waals surface area contributed by atoms with E-state index in [0.29, 0.717) is 12.2 Å². The van der Waals surface area contributed by atoms with Crippen LogP contribution in [0.2, 0.25) is 0 Å². The van der Waals surface area contributed by atoms with Gasteiger partial charge in [-0.25, -0.2) is 4.39 Å². The first-order valence-electron chi connectivity index (χ1n) is 6.45. The third-order valence-corrected chi connectivity index (χ3v) is 3.96. The summed E-state index contributed by atoms with van der Waals surface area (Å²) < 4.78 is 13.4. The molecule has 1 aliphatic heterocycles. The maximum atomic E-state index is 13.4. The quantitative estimate of drug-likeness (QED) is 0.772. The zero-order valence-electron chi connectivity index (χ0n) is 10.7. The molecule has 0 N–H and O–H groups in total. The van der Waals surface area contributed by atoms with Gasteiger partial charge < -0.3 is 4.90 Å². The number of halogens is 2. The largest absolute Gasteiger partial charge is 0.310 e. The summed E-state index contributed by atoms with van der Waals surface area (Å²) in [5.41, 5.74) is 2.37. The third kappa shape index (κ3) is 2.29. The van der Waals surface area contributed by atoms with E-state index in [4.69, 9.17) is 11.6 Å². The van der Waals surface area contributed by atoms with E-state index in [-0.39, 0.29) is 11.7 Å². The molecule has 0 saturated heterocycles. The number of alkyl halides is 1. The van der Waals surface area contributed by atoms with E-state index >= 15 is 0 Å². The average Bonchev–Trinajstić information content (AvgIpc) is 2.89. The zero-order valence-corrected chi connectivity index (χ0v) is 11.5. The number of anilines is 1. The third-order valence-electron chi connectivity index (χ3n) is 3.52. The van der Waals surface area contributed by atoms with Gasteiger partial charge in [0.2, 0.25) is 5.91 Å². The van der Waals surface area contributed by atoms with Crippen molar-refractivity contribution in [3.8, 4) is 0 Å². The first kappa shape index (κ1) is 13.1. The van der Waals surface area contributed by atoms with Gasteiger partial charge >= 0.3 is 0 Å². The Balaban J connectivity index is 1.88. The Labute approximate surface area is 121 Å². The topological polar surface area (TPSA) is 20.3 Å². The highest BCUT2D eigenvalue weighted by atomic mass is 35.5. The molecule has 4 heteroatoms. The Morgan fingerprint density at radius 1 is 1.20 bits per heavy atom. The lowest BCUT2D eigenvalue weighted by Gasteiger charge is -2.20. The number of nitrogens with zero attached hydrogens (tertiary/aromatic N) is 1. The summed E-state index contributed by atoms with van der Waals surface area (Å²) in [4.78, 5) is 14.1. The Hall–Kier alpha value is -1.87. The van der Waals surface area contributed by atoms with Crippen molar-refractivity contribution >= 4 is 23.2 Å². The molecule has 3 rings (SSSR count). The molecule has 1 atom stereocenters. The van der Waals surface area contributed by atoms with Crippen LogP contribution < -0.4 is 4.90 Å². The Bertz CT molecular complexity index is 644. The van der Waals surface area contributed by atoms with Gasteiger partial charge in [0.1, 0.15) is 11.2 Å². The maximum absolute atomic E-state index is 13.4. The van der Waals surface area contributed by atoms with Gasteiger partial charge in [-0.3, -0.25) is 4.79 Å². The minimum atomic E-state index is -0.745. The fourth-order valence-corrected chi connectivity index (χ4v) is 2.75. The molecule has 0 saturated carbocycles. The minimum absolute atomic E-state index is 0.206. The second-order valence-electron chi connectivity index (χ2n) is 4.79. The van der Waals surface area contributed by atoms with E-state index < -0.39 is 5.38 Å². The van der Waals surface area contributed by atoms with Crippen molar-refractivity contribution in [1.29, 1.82) is 0 Å². The summed E-state index contributed by atoms with van der Waals surface area (Å²) in [6.07, 6.45) is 0.736. The van der Waals surface area contributed by atoms with Gasteiger partial charge in [-0.2, -0.15) is 0 Å². The van der Waals surface area contributed by atoms with E-state index in [1.54, 1.807) is 11.0 Å². The lowest BCUT2D eigenvalue weighted by Crippen LogP contribution is -2.31. The van der Waals surface area contributed by atoms with Gasteiger partial charge in [0, 0.05) is 12.2 Å². The fourth-order valence-electron chi connectivity index (χ4n) is 2.48. The number of hydrogen-bond acceptors (Lipinski definition) is 1. The van der Waals surface area contributed by atoms with E-state index in [1.165, 1.54) is 12.1 Å². The van der Waals surface area contributed by atoms with Crippen molar-refractivity contribution in [1.82, 2.24) is 0 Å². The van der Waals surface area contributed by atoms with Gasteiger partial charge in [-0.05, 0) is 29.7 Å². The number of hydrogen-bond donors (Lipinski definition) is 0. The highest BCUT2D eigenvalue weighted by Gasteiger charge is 2.30. The van der Waals surface area contributed by atoms with Gasteiger partial charge in [-0.15, -0.1) is 11.6 Å². The van der Waals surface area contributed by atoms with Crippen LogP contribution in [0.3, 0.4) is 0 Å². The predicted molar refractivity (Wildman–Crippen MR) is 77.5 cm³/mol. The summed E-state index contributed by atoms with van der Waals surface area (Å²) in [6, 6.07) is 13.7. The van der Waals surface area contributed by atoms with Crippen molar-refractivity contribution in [2.75, 3.05) is 11.4 Å². The van der Waals surface area contributed by atoms with Crippen LogP contribution in [0.4, 0.5) is 10.1 Å². The van der Waals surface area contributed by atoms with Crippen molar-refractivity contribution in [3.05, 3.63) is 65.5 Å². The van der Waals surface area contributed by atoms with Crippen LogP contribution in [0.15, 0.2) is 48.5 Å². The average molecular weight is 290 g/mol. The number of rotatable bonds is 2. The molecule has 0 fully saturated rings. The Morgan fingerprint density at radius 2 is 1.95 bits per heavy atom. The lowest BCUT2D eigenvalue weighted by molar-refractivity contribution is -0.118. The molecule has 0 bridgehead atoms. The highest BCUT2D eigenvalue weighted by molar-refractivity contribution is 6.33. The van der Waals surface area contributed by atoms with E-state index in [9.17, 15) is 9.18 Å². The van der Waals surface area contributed by atoms with Crippen LogP contribution in [0.1, 0.15) is 16.5 Å². The summed E-state index contributed by atoms with van der Waals surface area (Å²) in [5.74, 6) is -0.545. The molecule has 0 spiro atoms. The van der Waals surface area contributed by atoms with Crippen molar-refractivity contribution in [2.45, 2.75) is 11.8 Å². The van der Waals surface area contributed by atoms with Crippen LogP contribution in [0.25, 0.3) is 0 Å². The van der Waals surface area contributed by atoms with E-state index in [2.05, 4.69) is 0 Å². The monoisotopic (exact) mass is 289 g/mol. The second-order valence-corrected chi connectivity index (χ2v) is 5.22. The summed E-state index contributed by atoms with van der Waals surface area (Å²) >= 11 is 6.26. The summed E-state index contributed by atoms with van der Waals surface area (Å²) in [7, 11) is 0. The fraction of sp³-hybridized carbons (Fsp3) is 0.188. The second kappa shape index (κ2) is 5.25. The molecule has 2 nitrogen and oxygen atoms in total. The number of benzene rings is 2. The van der Waals surface area contributed by atoms with Crippen LogP contribution in [-0.4, -0.2) is 12.5 Å². The minimum Gasteiger partial charge on any atom is -0.310 e. The maximum Gasteiger partial charge on any atom is 0.249 e. The van der Waals surface area contributed by atoms with Crippen molar-refractivity contribution < 1.29 is 9.18 Å². The van der Waals surface area contributed by atoms with Crippen LogP contribution in [0, 0.1) is 5.82 Å². The predicted octanol–water partition coefficient (Wildman–Crippen LogP) is 3.69. The first-order valence-corrected chi connectivity index (χ1v) is 6.89. The molecule has 0 radical (unpaired) electrons. The molecule has 0 aliphatic carbocycles. The molecular weight excluding hydrogens is 277 g/mol. The first-order chi connectivity index (χ1) is 9.66. The SMILES string of the molecule is O=C(C(Cl)c1ccccc1)N1CCc2ccc(F)cc21. The molecule has 1 heterocycles. The van der Waals surface area contributed by atoms with Crippen molar-refractivity contribution in [2.24, 2.45) is 0 Å². The van der Waals surface area contributed by atoms with E-state index in [0.717, 1.165) is 17.5 Å². The van der Waals surface area contributed by atoms with Gasteiger partial charge in [-0.1, -0.05) is 36.4 Å². The summed E-state index contributed by atoms with van der Waals surface area (Å²) in [6.45, 7) is 0.549. The number of fused-ring (bicyclic) bond motifs is 1. The normalized spacial score (nSPS) is 15.0. The number of amides is 1. The zero-order chi connectivity index (χ0) is 14.1. The lowest BCUT2D eigenvalue weighted by atomic mass is 10.1. The standard InChI is InChI=1S/C16H13ClFNO/c17-15(12-4-2-1-3-5-12)16(20)19-9-8-11-6-7-13(18)10-14(11)19/h1-7,10,15H,8-9H2. The van der Waals surface area contributed by atoms with E-state index in [1.807, 2.05) is 30.3 Å². The molecule has 2 aromatic rings. The van der Waals surface area contributed by atoms with Crippen LogP contribution in [0.5, 0.6) is 0 Å². The van der Waals surface area contributed by atoms with Crippen LogP contribution >= 0.6 is 11.6 Å².